The van der Waals surface area contributed by atoms with Gasteiger partial charge in [0.05, 0.1) is 6.10 Å². The van der Waals surface area contributed by atoms with Gasteiger partial charge >= 0.3 is 0 Å². The molecule has 0 amide bonds. The quantitative estimate of drug-likeness (QED) is 0.787. The highest BCUT2D eigenvalue weighted by Gasteiger charge is 2.22. The third-order valence-electron chi connectivity index (χ3n) is 4.26. The van der Waals surface area contributed by atoms with E-state index in [9.17, 15) is 5.11 Å². The summed E-state index contributed by atoms with van der Waals surface area (Å²) in [7, 11) is 0. The van der Waals surface area contributed by atoms with E-state index in [4.69, 9.17) is 4.74 Å². The fourth-order valence-corrected chi connectivity index (χ4v) is 3.17. The Morgan fingerprint density at radius 1 is 1.35 bits per heavy atom. The first-order chi connectivity index (χ1) is 9.83. The van der Waals surface area contributed by atoms with Crippen molar-refractivity contribution < 1.29 is 9.84 Å². The number of ether oxygens (including phenoxy) is 1. The van der Waals surface area contributed by atoms with Crippen molar-refractivity contribution in [1.82, 2.24) is 10.6 Å². The summed E-state index contributed by atoms with van der Waals surface area (Å²) < 4.78 is 5.83. The number of phenols is 1. The molecular formula is C16H24N2O2. The number of hydrogen-bond acceptors (Lipinski definition) is 4. The summed E-state index contributed by atoms with van der Waals surface area (Å²) >= 11 is 0. The van der Waals surface area contributed by atoms with E-state index in [1.807, 2.05) is 6.07 Å². The highest BCUT2D eigenvalue weighted by Crippen LogP contribution is 2.32. The topological polar surface area (TPSA) is 53.5 Å². The van der Waals surface area contributed by atoms with Crippen molar-refractivity contribution in [2.75, 3.05) is 26.2 Å². The van der Waals surface area contributed by atoms with Crippen LogP contribution in [0.5, 0.6) is 5.75 Å². The maximum atomic E-state index is 9.70. The molecule has 1 aliphatic heterocycles. The van der Waals surface area contributed by atoms with Crippen molar-refractivity contribution in [3.63, 3.8) is 0 Å². The number of aryl methyl sites for hydroxylation is 1. The monoisotopic (exact) mass is 276 g/mol. The summed E-state index contributed by atoms with van der Waals surface area (Å²) in [4.78, 5) is 0. The Labute approximate surface area is 120 Å². The molecule has 1 aromatic rings. The van der Waals surface area contributed by atoms with Gasteiger partial charge in [0.15, 0.2) is 0 Å². The number of rotatable bonds is 3. The van der Waals surface area contributed by atoms with Crippen LogP contribution < -0.4 is 10.6 Å². The third-order valence-corrected chi connectivity index (χ3v) is 4.26. The number of nitrogens with one attached hydrogen (secondary N) is 2. The highest BCUT2D eigenvalue weighted by atomic mass is 16.5. The van der Waals surface area contributed by atoms with E-state index in [-0.39, 0.29) is 6.10 Å². The lowest BCUT2D eigenvalue weighted by atomic mass is 9.87. The maximum Gasteiger partial charge on any atom is 0.115 e. The van der Waals surface area contributed by atoms with Gasteiger partial charge in [0.1, 0.15) is 5.75 Å². The van der Waals surface area contributed by atoms with E-state index >= 15 is 0 Å². The summed E-state index contributed by atoms with van der Waals surface area (Å²) in [6.45, 7) is 3.69. The smallest absolute Gasteiger partial charge is 0.115 e. The number of phenolic OH excluding ortho intramolecular Hbond substituents is 1. The van der Waals surface area contributed by atoms with Gasteiger partial charge in [0.25, 0.3) is 0 Å². The Morgan fingerprint density at radius 3 is 3.25 bits per heavy atom. The molecule has 1 heterocycles. The molecule has 1 aliphatic carbocycles. The maximum absolute atomic E-state index is 9.70. The summed E-state index contributed by atoms with van der Waals surface area (Å²) in [5, 5.41) is 16.7. The van der Waals surface area contributed by atoms with Crippen LogP contribution >= 0.6 is 0 Å². The minimum Gasteiger partial charge on any atom is -0.508 e. The number of benzene rings is 1. The summed E-state index contributed by atoms with van der Waals surface area (Å²) in [5.74, 6) is 0.366. The molecule has 0 bridgehead atoms. The second-order valence-electron chi connectivity index (χ2n) is 5.79. The predicted octanol–water partition coefficient (Wildman–Crippen LogP) is 1.74. The molecule has 20 heavy (non-hydrogen) atoms. The zero-order valence-corrected chi connectivity index (χ0v) is 11.9. The number of fused-ring (bicyclic) bond motifs is 1. The molecule has 1 aromatic carbocycles. The van der Waals surface area contributed by atoms with Crippen LogP contribution in [0.2, 0.25) is 0 Å². The fraction of sp³-hybridized carbons (Fsp3) is 0.625. The van der Waals surface area contributed by atoms with Gasteiger partial charge in [0, 0.05) is 25.7 Å². The Balaban J connectivity index is 1.62. The van der Waals surface area contributed by atoms with E-state index in [0.29, 0.717) is 11.8 Å². The molecule has 4 heteroatoms. The van der Waals surface area contributed by atoms with Crippen LogP contribution in [0, 0.1) is 0 Å². The van der Waals surface area contributed by atoms with Gasteiger partial charge in [-0.1, -0.05) is 6.07 Å². The lowest BCUT2D eigenvalue weighted by Gasteiger charge is -2.28. The zero-order chi connectivity index (χ0) is 13.8. The van der Waals surface area contributed by atoms with Crippen LogP contribution in [0.1, 0.15) is 36.4 Å². The molecule has 2 unspecified atom stereocenters. The van der Waals surface area contributed by atoms with Crippen LogP contribution in [0.15, 0.2) is 18.2 Å². The van der Waals surface area contributed by atoms with Gasteiger partial charge in [-0.25, -0.2) is 0 Å². The minimum absolute atomic E-state index is 0.250. The minimum atomic E-state index is 0.250. The van der Waals surface area contributed by atoms with E-state index in [2.05, 4.69) is 16.7 Å². The Hall–Kier alpha value is -1.10. The average molecular weight is 276 g/mol. The summed E-state index contributed by atoms with van der Waals surface area (Å²) in [5.41, 5.74) is 2.63. The summed E-state index contributed by atoms with van der Waals surface area (Å²) in [6.07, 6.45) is 4.81. The Bertz CT molecular complexity index is 442. The van der Waals surface area contributed by atoms with Crippen molar-refractivity contribution in [2.45, 2.75) is 37.8 Å². The average Bonchev–Trinajstić information content (AvgIpc) is 2.74. The second-order valence-corrected chi connectivity index (χ2v) is 5.79. The molecule has 3 rings (SSSR count). The molecule has 110 valence electrons. The molecule has 4 nitrogen and oxygen atoms in total. The van der Waals surface area contributed by atoms with Gasteiger partial charge in [-0.3, -0.25) is 0 Å². The molecule has 3 N–H and O–H groups in total. The first kappa shape index (κ1) is 13.9. The molecule has 1 saturated heterocycles. The largest absolute Gasteiger partial charge is 0.508 e. The van der Waals surface area contributed by atoms with Crippen LogP contribution in [0.3, 0.4) is 0 Å². The first-order valence-electron chi connectivity index (χ1n) is 7.70. The van der Waals surface area contributed by atoms with Crippen LogP contribution in [-0.2, 0) is 11.2 Å². The lowest BCUT2D eigenvalue weighted by molar-refractivity contribution is 0.0644. The molecule has 0 aromatic heterocycles. The van der Waals surface area contributed by atoms with Crippen LogP contribution in [-0.4, -0.2) is 37.5 Å². The number of hydrogen-bond donors (Lipinski definition) is 3. The molecule has 1 fully saturated rings. The van der Waals surface area contributed by atoms with E-state index in [0.717, 1.165) is 45.5 Å². The van der Waals surface area contributed by atoms with Gasteiger partial charge in [0.2, 0.25) is 0 Å². The first-order valence-corrected chi connectivity index (χ1v) is 7.70. The van der Waals surface area contributed by atoms with Crippen molar-refractivity contribution in [3.05, 3.63) is 29.3 Å². The normalized spacial score (nSPS) is 26.8. The Kier molecular flexibility index (Phi) is 4.55. The molecule has 2 aliphatic rings. The molecular weight excluding hydrogens is 252 g/mol. The molecule has 0 spiro atoms. The molecule has 0 saturated carbocycles. The van der Waals surface area contributed by atoms with Crippen molar-refractivity contribution in [1.29, 1.82) is 0 Å². The second kappa shape index (κ2) is 6.57. The lowest BCUT2D eigenvalue weighted by Crippen LogP contribution is -2.38. The van der Waals surface area contributed by atoms with E-state index in [1.165, 1.54) is 17.5 Å². The van der Waals surface area contributed by atoms with Crippen molar-refractivity contribution in [2.24, 2.45) is 0 Å². The van der Waals surface area contributed by atoms with E-state index < -0.39 is 0 Å². The van der Waals surface area contributed by atoms with Gasteiger partial charge in [-0.05, 0) is 55.5 Å². The van der Waals surface area contributed by atoms with Crippen molar-refractivity contribution >= 4 is 0 Å². The molecule has 0 radical (unpaired) electrons. The van der Waals surface area contributed by atoms with Gasteiger partial charge in [-0.15, -0.1) is 0 Å². The van der Waals surface area contributed by atoms with Crippen LogP contribution in [0.4, 0.5) is 0 Å². The fourth-order valence-electron chi connectivity index (χ4n) is 3.17. The third kappa shape index (κ3) is 3.32. The van der Waals surface area contributed by atoms with Gasteiger partial charge < -0.3 is 20.5 Å². The van der Waals surface area contributed by atoms with Crippen LogP contribution in [0.25, 0.3) is 0 Å². The van der Waals surface area contributed by atoms with Gasteiger partial charge in [-0.2, -0.15) is 0 Å². The summed E-state index contributed by atoms with van der Waals surface area (Å²) in [6, 6.07) is 6.11. The highest BCUT2D eigenvalue weighted by molar-refractivity contribution is 5.38. The Morgan fingerprint density at radius 2 is 2.30 bits per heavy atom. The standard InChI is InChI=1S/C16H24N2O2/c19-13-6-5-12-3-1-4-16(15(12)9-13)18-11-14-10-17-7-2-8-20-14/h5-6,9,14,16-19H,1-4,7-8,10-11H2. The van der Waals surface area contributed by atoms with Crippen molar-refractivity contribution in [3.8, 4) is 5.75 Å². The number of aromatic hydroxyl groups is 1. The molecule has 2 atom stereocenters. The predicted molar refractivity (Wildman–Crippen MR) is 79.0 cm³/mol. The van der Waals surface area contributed by atoms with E-state index in [1.54, 1.807) is 6.07 Å². The SMILES string of the molecule is Oc1ccc2c(c1)C(NCC1CNCCCO1)CCC2. The zero-order valence-electron chi connectivity index (χ0n) is 11.9.